The molecule has 1 heterocycles. The second kappa shape index (κ2) is 8.78. The fourth-order valence-corrected chi connectivity index (χ4v) is 5.08. The SMILES string of the molecule is COc1ccccc1CN1C[C@H](c2cc(Cl)ccc2O)[C@@H](c2ccccc2Br)C1. The van der Waals surface area contributed by atoms with E-state index in [2.05, 4.69) is 45.1 Å². The maximum absolute atomic E-state index is 10.6. The molecule has 0 aromatic heterocycles. The van der Waals surface area contributed by atoms with Crippen LogP contribution in [0.4, 0.5) is 0 Å². The smallest absolute Gasteiger partial charge is 0.123 e. The van der Waals surface area contributed by atoms with Crippen molar-refractivity contribution in [1.82, 2.24) is 4.90 Å². The normalized spacial score (nSPS) is 19.4. The molecule has 3 nitrogen and oxygen atoms in total. The van der Waals surface area contributed by atoms with Crippen LogP contribution in [0, 0.1) is 0 Å². The second-order valence-corrected chi connectivity index (χ2v) is 8.73. The molecule has 150 valence electrons. The van der Waals surface area contributed by atoms with Gasteiger partial charge in [-0.25, -0.2) is 0 Å². The topological polar surface area (TPSA) is 32.7 Å². The minimum absolute atomic E-state index is 0.141. The number of hydrogen-bond acceptors (Lipinski definition) is 3. The number of aromatic hydroxyl groups is 1. The monoisotopic (exact) mass is 471 g/mol. The van der Waals surface area contributed by atoms with Crippen molar-refractivity contribution in [3.05, 3.63) is 92.9 Å². The van der Waals surface area contributed by atoms with Gasteiger partial charge in [-0.2, -0.15) is 0 Å². The molecule has 0 unspecified atom stereocenters. The van der Waals surface area contributed by atoms with E-state index in [1.807, 2.05) is 30.3 Å². The van der Waals surface area contributed by atoms with Crippen LogP contribution >= 0.6 is 27.5 Å². The van der Waals surface area contributed by atoms with E-state index in [1.54, 1.807) is 19.2 Å². The molecule has 4 rings (SSSR count). The quantitative estimate of drug-likeness (QED) is 0.480. The van der Waals surface area contributed by atoms with Gasteiger partial charge in [0.05, 0.1) is 7.11 Å². The minimum Gasteiger partial charge on any atom is -0.508 e. The molecular weight excluding hydrogens is 450 g/mol. The largest absolute Gasteiger partial charge is 0.508 e. The lowest BCUT2D eigenvalue weighted by atomic mass is 9.84. The molecule has 0 radical (unpaired) electrons. The summed E-state index contributed by atoms with van der Waals surface area (Å²) in [4.78, 5) is 2.42. The van der Waals surface area contributed by atoms with Crippen LogP contribution in [0.5, 0.6) is 11.5 Å². The van der Waals surface area contributed by atoms with Crippen LogP contribution in [0.15, 0.2) is 71.2 Å². The molecule has 0 bridgehead atoms. The molecule has 1 fully saturated rings. The van der Waals surface area contributed by atoms with Crippen molar-refractivity contribution in [2.45, 2.75) is 18.4 Å². The van der Waals surface area contributed by atoms with Gasteiger partial charge in [-0.3, -0.25) is 4.90 Å². The zero-order valence-electron chi connectivity index (χ0n) is 16.2. The van der Waals surface area contributed by atoms with Crippen LogP contribution in [-0.2, 0) is 6.54 Å². The predicted octanol–water partition coefficient (Wildman–Crippen LogP) is 6.20. The number of nitrogens with zero attached hydrogens (tertiary/aromatic N) is 1. The van der Waals surface area contributed by atoms with Gasteiger partial charge in [0, 0.05) is 52.1 Å². The average molecular weight is 473 g/mol. The van der Waals surface area contributed by atoms with Crippen molar-refractivity contribution in [2.75, 3.05) is 20.2 Å². The summed E-state index contributed by atoms with van der Waals surface area (Å²) in [5.74, 6) is 1.58. The number of ether oxygens (including phenoxy) is 1. The van der Waals surface area contributed by atoms with Crippen LogP contribution in [0.1, 0.15) is 28.5 Å². The number of hydrogen-bond donors (Lipinski definition) is 1. The highest BCUT2D eigenvalue weighted by Crippen LogP contribution is 2.45. The molecular formula is C24H23BrClNO2. The summed E-state index contributed by atoms with van der Waals surface area (Å²) >= 11 is 10.00. The molecule has 3 aromatic carbocycles. The predicted molar refractivity (Wildman–Crippen MR) is 121 cm³/mol. The van der Waals surface area contributed by atoms with Gasteiger partial charge in [-0.05, 0) is 35.9 Å². The lowest BCUT2D eigenvalue weighted by Crippen LogP contribution is -2.20. The van der Waals surface area contributed by atoms with Crippen molar-refractivity contribution in [2.24, 2.45) is 0 Å². The third kappa shape index (κ3) is 4.30. The molecule has 5 heteroatoms. The van der Waals surface area contributed by atoms with E-state index in [0.717, 1.165) is 41.0 Å². The Kier molecular flexibility index (Phi) is 6.14. The summed E-state index contributed by atoms with van der Waals surface area (Å²) in [6.45, 7) is 2.51. The van der Waals surface area contributed by atoms with Crippen LogP contribution in [0.25, 0.3) is 0 Å². The molecule has 0 amide bonds. The zero-order chi connectivity index (χ0) is 20.4. The first-order chi connectivity index (χ1) is 14.1. The van der Waals surface area contributed by atoms with E-state index in [0.29, 0.717) is 10.8 Å². The Morgan fingerprint density at radius 3 is 2.45 bits per heavy atom. The standard InChI is InChI=1S/C24H23BrClNO2/c1-29-24-9-5-2-6-16(24)13-27-14-20(18-7-3-4-8-22(18)25)21(15-27)19-12-17(26)10-11-23(19)28/h2-12,20-21,28H,13-15H2,1H3/t20-,21-/m1/s1. The zero-order valence-corrected chi connectivity index (χ0v) is 18.5. The van der Waals surface area contributed by atoms with Gasteiger partial charge in [-0.15, -0.1) is 0 Å². The second-order valence-electron chi connectivity index (χ2n) is 7.44. The van der Waals surface area contributed by atoms with Gasteiger partial charge in [0.2, 0.25) is 0 Å². The molecule has 3 aromatic rings. The number of phenols is 1. The number of halogens is 2. The van der Waals surface area contributed by atoms with Gasteiger partial charge < -0.3 is 9.84 Å². The molecule has 0 spiro atoms. The van der Waals surface area contributed by atoms with E-state index in [4.69, 9.17) is 16.3 Å². The molecule has 29 heavy (non-hydrogen) atoms. The summed E-state index contributed by atoms with van der Waals surface area (Å²) in [6.07, 6.45) is 0. The number of rotatable bonds is 5. The summed E-state index contributed by atoms with van der Waals surface area (Å²) < 4.78 is 6.63. The lowest BCUT2D eigenvalue weighted by Gasteiger charge is -2.21. The highest BCUT2D eigenvalue weighted by molar-refractivity contribution is 9.10. The first kappa shape index (κ1) is 20.3. The molecule has 1 aliphatic rings. The Balaban J connectivity index is 1.69. The van der Waals surface area contributed by atoms with Crippen molar-refractivity contribution in [3.63, 3.8) is 0 Å². The fraction of sp³-hybridized carbons (Fsp3) is 0.250. The number of methoxy groups -OCH3 is 1. The molecule has 0 saturated carbocycles. The highest BCUT2D eigenvalue weighted by atomic mass is 79.9. The minimum atomic E-state index is 0.141. The van der Waals surface area contributed by atoms with E-state index >= 15 is 0 Å². The van der Waals surface area contributed by atoms with Gasteiger partial charge in [-0.1, -0.05) is 63.9 Å². The van der Waals surface area contributed by atoms with Crippen LogP contribution in [0.3, 0.4) is 0 Å². The Labute approximate surface area is 185 Å². The average Bonchev–Trinajstić information content (AvgIpc) is 3.14. The molecule has 1 saturated heterocycles. The van der Waals surface area contributed by atoms with E-state index in [9.17, 15) is 5.11 Å². The van der Waals surface area contributed by atoms with Crippen molar-refractivity contribution in [3.8, 4) is 11.5 Å². The van der Waals surface area contributed by atoms with E-state index in [-0.39, 0.29) is 11.8 Å². The molecule has 1 N–H and O–H groups in total. The maximum atomic E-state index is 10.6. The Morgan fingerprint density at radius 2 is 1.69 bits per heavy atom. The van der Waals surface area contributed by atoms with Crippen LogP contribution in [0.2, 0.25) is 5.02 Å². The third-order valence-electron chi connectivity index (χ3n) is 5.68. The first-order valence-corrected chi connectivity index (χ1v) is 10.8. The van der Waals surface area contributed by atoms with E-state index < -0.39 is 0 Å². The van der Waals surface area contributed by atoms with Gasteiger partial charge in [0.25, 0.3) is 0 Å². The third-order valence-corrected chi connectivity index (χ3v) is 6.63. The number of likely N-dealkylation sites (tertiary alicyclic amines) is 1. The van der Waals surface area contributed by atoms with Gasteiger partial charge in [0.15, 0.2) is 0 Å². The number of para-hydroxylation sites is 1. The summed E-state index contributed by atoms with van der Waals surface area (Å²) in [5, 5.41) is 11.2. The van der Waals surface area contributed by atoms with Gasteiger partial charge in [0.1, 0.15) is 11.5 Å². The lowest BCUT2D eigenvalue weighted by molar-refractivity contribution is 0.313. The fourth-order valence-electron chi connectivity index (χ4n) is 4.32. The molecule has 1 aliphatic heterocycles. The summed E-state index contributed by atoms with van der Waals surface area (Å²) in [5.41, 5.74) is 3.32. The van der Waals surface area contributed by atoms with E-state index in [1.165, 1.54) is 5.56 Å². The van der Waals surface area contributed by atoms with Crippen LogP contribution in [-0.4, -0.2) is 30.2 Å². The Bertz CT molecular complexity index is 1010. The summed E-state index contributed by atoms with van der Waals surface area (Å²) in [7, 11) is 1.71. The summed E-state index contributed by atoms with van der Waals surface area (Å²) in [6, 6.07) is 21.8. The maximum Gasteiger partial charge on any atom is 0.123 e. The van der Waals surface area contributed by atoms with Gasteiger partial charge >= 0.3 is 0 Å². The first-order valence-electron chi connectivity index (χ1n) is 9.64. The highest BCUT2D eigenvalue weighted by Gasteiger charge is 2.37. The van der Waals surface area contributed by atoms with Crippen molar-refractivity contribution >= 4 is 27.5 Å². The van der Waals surface area contributed by atoms with Crippen molar-refractivity contribution < 1.29 is 9.84 Å². The number of benzene rings is 3. The molecule has 2 atom stereocenters. The number of phenolic OH excluding ortho intramolecular Hbond substituents is 1. The molecule has 0 aliphatic carbocycles. The van der Waals surface area contributed by atoms with Crippen molar-refractivity contribution in [1.29, 1.82) is 0 Å². The Hall–Kier alpha value is -2.01. The van der Waals surface area contributed by atoms with Crippen LogP contribution < -0.4 is 4.74 Å². The Morgan fingerprint density at radius 1 is 1.00 bits per heavy atom.